The first-order valence-corrected chi connectivity index (χ1v) is 6.70. The highest BCUT2D eigenvalue weighted by Crippen LogP contribution is 2.39. The van der Waals surface area contributed by atoms with E-state index >= 15 is 0 Å². The van der Waals surface area contributed by atoms with E-state index < -0.39 is 0 Å². The maximum absolute atomic E-state index is 12.1. The summed E-state index contributed by atoms with van der Waals surface area (Å²) < 4.78 is 16.3. The molecule has 0 bridgehead atoms. The number of hydrogen-bond acceptors (Lipinski definition) is 4. The fourth-order valence-corrected chi connectivity index (χ4v) is 3.07. The van der Waals surface area contributed by atoms with Gasteiger partial charge in [-0.05, 0) is 42.9 Å². The molecule has 4 heteroatoms. The van der Waals surface area contributed by atoms with E-state index in [9.17, 15) is 4.79 Å². The first-order chi connectivity index (χ1) is 9.24. The van der Waals surface area contributed by atoms with Crippen LogP contribution in [0.25, 0.3) is 0 Å². The van der Waals surface area contributed by atoms with Crippen molar-refractivity contribution in [3.8, 4) is 5.75 Å². The first-order valence-electron chi connectivity index (χ1n) is 6.70. The summed E-state index contributed by atoms with van der Waals surface area (Å²) in [4.78, 5) is 12.1. The van der Waals surface area contributed by atoms with Crippen molar-refractivity contribution in [1.82, 2.24) is 0 Å². The van der Waals surface area contributed by atoms with E-state index in [2.05, 4.69) is 0 Å². The van der Waals surface area contributed by atoms with Crippen LogP contribution in [-0.4, -0.2) is 26.3 Å². The molecular weight excluding hydrogens is 244 g/mol. The molecule has 4 nitrogen and oxygen atoms in total. The Hall–Kier alpha value is -1.55. The maximum atomic E-state index is 12.1. The fourth-order valence-electron chi connectivity index (χ4n) is 3.07. The van der Waals surface area contributed by atoms with E-state index in [-0.39, 0.29) is 5.97 Å². The summed E-state index contributed by atoms with van der Waals surface area (Å²) in [7, 11) is 1.42. The van der Waals surface area contributed by atoms with Gasteiger partial charge in [-0.2, -0.15) is 0 Å². The van der Waals surface area contributed by atoms with Crippen molar-refractivity contribution in [2.24, 2.45) is 0 Å². The van der Waals surface area contributed by atoms with Gasteiger partial charge in [-0.25, -0.2) is 4.79 Å². The summed E-state index contributed by atoms with van der Waals surface area (Å²) in [6.07, 6.45) is 2.80. The predicted octanol–water partition coefficient (Wildman–Crippen LogP) is 2.18. The van der Waals surface area contributed by atoms with E-state index in [1.807, 2.05) is 6.92 Å². The van der Waals surface area contributed by atoms with Gasteiger partial charge in [-0.15, -0.1) is 0 Å². The van der Waals surface area contributed by atoms with Crippen LogP contribution >= 0.6 is 0 Å². The van der Waals surface area contributed by atoms with E-state index in [0.717, 1.165) is 36.1 Å². The van der Waals surface area contributed by atoms with Crippen molar-refractivity contribution >= 4 is 5.97 Å². The highest BCUT2D eigenvalue weighted by atomic mass is 16.5. The molecule has 0 atom stereocenters. The second kappa shape index (κ2) is 4.85. The van der Waals surface area contributed by atoms with E-state index in [1.165, 1.54) is 18.2 Å². The van der Waals surface area contributed by atoms with Crippen molar-refractivity contribution in [3.63, 3.8) is 0 Å². The Morgan fingerprint density at radius 2 is 2.00 bits per heavy atom. The number of hydrogen-bond donors (Lipinski definition) is 0. The van der Waals surface area contributed by atoms with E-state index in [1.54, 1.807) is 0 Å². The van der Waals surface area contributed by atoms with Gasteiger partial charge in [0.25, 0.3) is 0 Å². The molecule has 0 saturated carbocycles. The average molecular weight is 262 g/mol. The second-order valence-corrected chi connectivity index (χ2v) is 5.01. The molecular formula is C15H18O4. The van der Waals surface area contributed by atoms with Crippen molar-refractivity contribution < 1.29 is 19.0 Å². The molecule has 102 valence electrons. The molecule has 0 aromatic heterocycles. The number of ether oxygens (including phenoxy) is 3. The molecule has 0 spiro atoms. The Bertz CT molecular complexity index is 534. The fraction of sp³-hybridized carbons (Fsp3) is 0.533. The highest BCUT2D eigenvalue weighted by molar-refractivity contribution is 5.95. The number of methoxy groups -OCH3 is 1. The summed E-state index contributed by atoms with van der Waals surface area (Å²) in [6.45, 7) is 3.99. The van der Waals surface area contributed by atoms with Crippen molar-refractivity contribution in [2.45, 2.75) is 32.8 Å². The van der Waals surface area contributed by atoms with Gasteiger partial charge in [0.2, 0.25) is 0 Å². The third-order valence-corrected chi connectivity index (χ3v) is 4.01. The zero-order chi connectivity index (χ0) is 13.4. The molecule has 2 aliphatic rings. The molecule has 3 rings (SSSR count). The summed E-state index contributed by atoms with van der Waals surface area (Å²) in [5, 5.41) is 0. The summed E-state index contributed by atoms with van der Waals surface area (Å²) in [5.41, 5.74) is 5.22. The molecule has 19 heavy (non-hydrogen) atoms. The predicted molar refractivity (Wildman–Crippen MR) is 69.7 cm³/mol. The van der Waals surface area contributed by atoms with E-state index in [4.69, 9.17) is 14.2 Å². The van der Waals surface area contributed by atoms with Gasteiger partial charge < -0.3 is 14.2 Å². The van der Waals surface area contributed by atoms with Crippen LogP contribution in [0.1, 0.15) is 39.0 Å². The van der Waals surface area contributed by atoms with Crippen LogP contribution in [0.2, 0.25) is 0 Å². The third-order valence-electron chi connectivity index (χ3n) is 4.01. The number of benzene rings is 1. The van der Waals surface area contributed by atoms with Gasteiger partial charge in [0.1, 0.15) is 11.3 Å². The molecule has 0 amide bonds. The molecule has 0 saturated heterocycles. The lowest BCUT2D eigenvalue weighted by atomic mass is 9.86. The van der Waals surface area contributed by atoms with Crippen LogP contribution in [0.3, 0.4) is 0 Å². The van der Waals surface area contributed by atoms with Gasteiger partial charge in [-0.1, -0.05) is 0 Å². The number of rotatable bonds is 1. The minimum absolute atomic E-state index is 0.301. The minimum Gasteiger partial charge on any atom is -0.492 e. The summed E-state index contributed by atoms with van der Waals surface area (Å²) in [6, 6.07) is 0. The lowest BCUT2D eigenvalue weighted by Crippen LogP contribution is -2.22. The molecule has 1 aromatic rings. The van der Waals surface area contributed by atoms with E-state index in [0.29, 0.717) is 25.4 Å². The van der Waals surface area contributed by atoms with Gasteiger partial charge in [0, 0.05) is 5.56 Å². The molecule has 0 unspecified atom stereocenters. The van der Waals surface area contributed by atoms with Crippen LogP contribution in [0.5, 0.6) is 5.75 Å². The van der Waals surface area contributed by atoms with Gasteiger partial charge in [-0.3, -0.25) is 0 Å². The molecule has 0 fully saturated rings. The topological polar surface area (TPSA) is 44.8 Å². The largest absolute Gasteiger partial charge is 0.492 e. The molecule has 2 aliphatic heterocycles. The van der Waals surface area contributed by atoms with Crippen LogP contribution < -0.4 is 4.74 Å². The Labute approximate surface area is 112 Å². The number of esters is 1. The molecule has 0 N–H and O–H groups in total. The van der Waals surface area contributed by atoms with Crippen LogP contribution in [0.15, 0.2) is 0 Å². The van der Waals surface area contributed by atoms with Crippen molar-refractivity contribution in [2.75, 3.05) is 20.3 Å². The molecule has 0 aliphatic carbocycles. The summed E-state index contributed by atoms with van der Waals surface area (Å²) in [5.74, 6) is 0.421. The van der Waals surface area contributed by atoms with Crippen LogP contribution in [0, 0.1) is 6.92 Å². The third kappa shape index (κ3) is 1.91. The smallest absolute Gasteiger partial charge is 0.341 e. The summed E-state index contributed by atoms with van der Waals surface area (Å²) >= 11 is 0. The normalized spacial score (nSPS) is 17.2. The van der Waals surface area contributed by atoms with Gasteiger partial charge in [0.05, 0.1) is 26.9 Å². The Balaban J connectivity index is 2.26. The van der Waals surface area contributed by atoms with Gasteiger partial charge >= 0.3 is 5.97 Å². The van der Waals surface area contributed by atoms with Crippen molar-refractivity contribution in [1.29, 1.82) is 0 Å². The Kier molecular flexibility index (Phi) is 3.19. The zero-order valence-corrected chi connectivity index (χ0v) is 11.4. The highest BCUT2D eigenvalue weighted by Gasteiger charge is 2.29. The number of carbonyl (C=O) groups is 1. The SMILES string of the molecule is COC(=O)c1c(C)c2c(c3c1OCCC3)COCC2. The number of carbonyl (C=O) groups excluding carboxylic acids is 1. The maximum Gasteiger partial charge on any atom is 0.341 e. The first kappa shape index (κ1) is 12.5. The Morgan fingerprint density at radius 3 is 2.79 bits per heavy atom. The lowest BCUT2D eigenvalue weighted by molar-refractivity contribution is 0.0592. The second-order valence-electron chi connectivity index (χ2n) is 5.01. The monoisotopic (exact) mass is 262 g/mol. The average Bonchev–Trinajstić information content (AvgIpc) is 2.47. The minimum atomic E-state index is -0.301. The molecule has 0 radical (unpaired) electrons. The number of fused-ring (bicyclic) bond motifs is 3. The van der Waals surface area contributed by atoms with Crippen molar-refractivity contribution in [3.05, 3.63) is 27.8 Å². The standard InChI is InChI=1S/C15H18O4/c1-9-10-5-7-18-8-12(10)11-4-3-6-19-14(11)13(9)15(16)17-2/h3-8H2,1-2H3. The molecule has 1 aromatic carbocycles. The Morgan fingerprint density at radius 1 is 1.16 bits per heavy atom. The quantitative estimate of drug-likeness (QED) is 0.728. The van der Waals surface area contributed by atoms with Crippen LogP contribution in [-0.2, 0) is 28.9 Å². The van der Waals surface area contributed by atoms with Gasteiger partial charge in [0.15, 0.2) is 0 Å². The lowest BCUT2D eigenvalue weighted by Gasteiger charge is -2.29. The molecule has 2 heterocycles. The zero-order valence-electron chi connectivity index (χ0n) is 11.4. The van der Waals surface area contributed by atoms with Crippen LogP contribution in [0.4, 0.5) is 0 Å².